The number of nitro benzene ring substituents is 1. The molecule has 2 N–H and O–H groups in total. The van der Waals surface area contributed by atoms with Crippen molar-refractivity contribution in [3.63, 3.8) is 0 Å². The van der Waals surface area contributed by atoms with Crippen LogP contribution >= 0.6 is 0 Å². The fraction of sp³-hybridized carbons (Fsp3) is 0.0385. The molecule has 0 aliphatic heterocycles. The highest BCUT2D eigenvalue weighted by Gasteiger charge is 2.15. The van der Waals surface area contributed by atoms with Gasteiger partial charge in [-0.1, -0.05) is 6.07 Å². The Morgan fingerprint density at radius 1 is 0.811 bits per heavy atom. The second-order valence-electron chi connectivity index (χ2n) is 7.69. The molecule has 0 aliphatic rings. The molecule has 37 heavy (non-hydrogen) atoms. The Morgan fingerprint density at radius 2 is 1.38 bits per heavy atom. The molecular weight excluding hydrogens is 498 g/mol. The largest absolute Gasteiger partial charge is 0.497 e. The summed E-state index contributed by atoms with van der Waals surface area (Å²) in [5.41, 5.74) is 0.836. The number of nitrogens with zero attached hydrogens (tertiary/aromatic N) is 1. The van der Waals surface area contributed by atoms with Crippen LogP contribution < -0.4 is 19.5 Å². The number of carbonyl (C=O) groups excluding carboxylic acids is 1. The number of methoxy groups -OCH3 is 1. The molecular formula is C26H21N3O7S. The monoisotopic (exact) mass is 519 g/mol. The van der Waals surface area contributed by atoms with Crippen molar-refractivity contribution < 1.29 is 27.6 Å². The third kappa shape index (κ3) is 6.41. The van der Waals surface area contributed by atoms with E-state index >= 15 is 0 Å². The minimum Gasteiger partial charge on any atom is -0.497 e. The van der Waals surface area contributed by atoms with Gasteiger partial charge < -0.3 is 14.8 Å². The molecule has 0 aromatic heterocycles. The van der Waals surface area contributed by atoms with Crippen LogP contribution in [0.25, 0.3) is 0 Å². The zero-order valence-corrected chi connectivity index (χ0v) is 20.3. The van der Waals surface area contributed by atoms with Gasteiger partial charge in [-0.2, -0.15) is 0 Å². The molecule has 0 radical (unpaired) electrons. The average molecular weight is 520 g/mol. The molecule has 0 saturated carbocycles. The molecule has 0 fully saturated rings. The lowest BCUT2D eigenvalue weighted by atomic mass is 10.2. The van der Waals surface area contributed by atoms with E-state index in [1.807, 2.05) is 0 Å². The van der Waals surface area contributed by atoms with Gasteiger partial charge >= 0.3 is 0 Å². The molecule has 11 heteroatoms. The maximum Gasteiger partial charge on any atom is 0.270 e. The fourth-order valence-electron chi connectivity index (χ4n) is 3.27. The summed E-state index contributed by atoms with van der Waals surface area (Å²) in [5.74, 6) is 1.03. The van der Waals surface area contributed by atoms with Gasteiger partial charge in [0.25, 0.3) is 21.6 Å². The molecule has 0 aliphatic carbocycles. The second kappa shape index (κ2) is 10.8. The topological polar surface area (TPSA) is 137 Å². The lowest BCUT2D eigenvalue weighted by molar-refractivity contribution is -0.384. The van der Waals surface area contributed by atoms with Crippen molar-refractivity contribution in [1.82, 2.24) is 0 Å². The van der Waals surface area contributed by atoms with Gasteiger partial charge in [-0.05, 0) is 78.9 Å². The summed E-state index contributed by atoms with van der Waals surface area (Å²) in [6.07, 6.45) is 0. The maximum absolute atomic E-state index is 12.6. The molecule has 0 unspecified atom stereocenters. The molecule has 0 saturated heterocycles. The van der Waals surface area contributed by atoms with Crippen molar-refractivity contribution >= 4 is 33.0 Å². The predicted octanol–water partition coefficient (Wildman–Crippen LogP) is 5.45. The number of hydrogen-bond acceptors (Lipinski definition) is 7. The van der Waals surface area contributed by atoms with E-state index in [9.17, 15) is 23.3 Å². The van der Waals surface area contributed by atoms with Crippen molar-refractivity contribution in [1.29, 1.82) is 0 Å². The maximum atomic E-state index is 12.6. The third-order valence-electron chi connectivity index (χ3n) is 5.14. The number of benzene rings is 4. The van der Waals surface area contributed by atoms with Crippen LogP contribution in [0.4, 0.5) is 17.1 Å². The minimum atomic E-state index is -3.77. The van der Waals surface area contributed by atoms with Gasteiger partial charge in [-0.15, -0.1) is 0 Å². The summed E-state index contributed by atoms with van der Waals surface area (Å²) in [4.78, 5) is 22.8. The number of hydrogen-bond donors (Lipinski definition) is 2. The van der Waals surface area contributed by atoms with E-state index in [0.717, 1.165) is 0 Å². The summed E-state index contributed by atoms with van der Waals surface area (Å²) in [7, 11) is -2.27. The molecule has 0 spiro atoms. The molecule has 188 valence electrons. The first-order valence-corrected chi connectivity index (χ1v) is 12.3. The van der Waals surface area contributed by atoms with Gasteiger partial charge in [0.15, 0.2) is 0 Å². The summed E-state index contributed by atoms with van der Waals surface area (Å²) in [6.45, 7) is 0. The van der Waals surface area contributed by atoms with Crippen LogP contribution in [0.3, 0.4) is 0 Å². The van der Waals surface area contributed by atoms with Gasteiger partial charge in [-0.3, -0.25) is 19.6 Å². The number of sulfonamides is 1. The Balaban J connectivity index is 1.36. The van der Waals surface area contributed by atoms with Crippen LogP contribution in [0.15, 0.2) is 102 Å². The van der Waals surface area contributed by atoms with Gasteiger partial charge in [0.2, 0.25) is 0 Å². The first-order chi connectivity index (χ1) is 17.7. The molecule has 1 amide bonds. The number of rotatable bonds is 9. The second-order valence-corrected chi connectivity index (χ2v) is 9.38. The first kappa shape index (κ1) is 25.2. The van der Waals surface area contributed by atoms with E-state index in [-0.39, 0.29) is 16.1 Å². The Bertz CT molecular complexity index is 1520. The lowest BCUT2D eigenvalue weighted by Gasteiger charge is -2.11. The van der Waals surface area contributed by atoms with E-state index in [0.29, 0.717) is 28.6 Å². The number of amides is 1. The molecule has 0 heterocycles. The molecule has 0 bridgehead atoms. The van der Waals surface area contributed by atoms with E-state index in [4.69, 9.17) is 9.47 Å². The average Bonchev–Trinajstić information content (AvgIpc) is 2.91. The zero-order chi connectivity index (χ0) is 26.4. The highest BCUT2D eigenvalue weighted by atomic mass is 32.2. The van der Waals surface area contributed by atoms with E-state index in [1.54, 1.807) is 60.7 Å². The molecule has 10 nitrogen and oxygen atoms in total. The van der Waals surface area contributed by atoms with Gasteiger partial charge in [-0.25, -0.2) is 8.42 Å². The molecule has 4 aromatic carbocycles. The van der Waals surface area contributed by atoms with E-state index < -0.39 is 20.9 Å². The quantitative estimate of drug-likeness (QED) is 0.222. The van der Waals surface area contributed by atoms with Gasteiger partial charge in [0, 0.05) is 29.1 Å². The predicted molar refractivity (Wildman–Crippen MR) is 138 cm³/mol. The van der Waals surface area contributed by atoms with Crippen LogP contribution in [0, 0.1) is 10.1 Å². The van der Waals surface area contributed by atoms with Gasteiger partial charge in [0.1, 0.15) is 17.2 Å². The van der Waals surface area contributed by atoms with E-state index in [1.165, 1.54) is 43.5 Å². The van der Waals surface area contributed by atoms with Gasteiger partial charge in [0.05, 0.1) is 16.9 Å². The standard InChI is InChI=1S/C26H21N3O7S/c1-35-22-13-15-25(16-14-22)37(33,34)28-20-7-11-24(12-8-20)36-23-9-5-19(6-10-23)27-26(30)18-3-2-4-21(17-18)29(31)32/h2-17,28H,1H3,(H,27,30). The number of anilines is 2. The highest BCUT2D eigenvalue weighted by molar-refractivity contribution is 7.92. The number of nitrogens with one attached hydrogen (secondary N) is 2. The minimum absolute atomic E-state index is 0.103. The third-order valence-corrected chi connectivity index (χ3v) is 6.54. The van der Waals surface area contributed by atoms with Crippen LogP contribution in [-0.4, -0.2) is 26.4 Å². The lowest BCUT2D eigenvalue weighted by Crippen LogP contribution is -2.12. The summed E-state index contributed by atoms with van der Waals surface area (Å²) >= 11 is 0. The Kier molecular flexibility index (Phi) is 7.35. The molecule has 4 rings (SSSR count). The van der Waals surface area contributed by atoms with Crippen molar-refractivity contribution in [2.24, 2.45) is 0 Å². The normalized spacial score (nSPS) is 10.8. The number of nitro groups is 1. The molecule has 0 atom stereocenters. The Labute approximate surface area is 212 Å². The summed E-state index contributed by atoms with van der Waals surface area (Å²) < 4.78 is 38.5. The molecule has 4 aromatic rings. The van der Waals surface area contributed by atoms with Crippen LogP contribution in [-0.2, 0) is 10.0 Å². The number of carbonyl (C=O) groups is 1. The Hall–Kier alpha value is -4.90. The van der Waals surface area contributed by atoms with Crippen molar-refractivity contribution in [3.8, 4) is 17.2 Å². The smallest absolute Gasteiger partial charge is 0.270 e. The number of ether oxygens (including phenoxy) is 2. The zero-order valence-electron chi connectivity index (χ0n) is 19.5. The van der Waals surface area contributed by atoms with Crippen LogP contribution in [0.5, 0.6) is 17.2 Å². The summed E-state index contributed by atoms with van der Waals surface area (Å²) in [5, 5.41) is 13.6. The van der Waals surface area contributed by atoms with Crippen LogP contribution in [0.1, 0.15) is 10.4 Å². The fourth-order valence-corrected chi connectivity index (χ4v) is 4.32. The Morgan fingerprint density at radius 3 is 1.95 bits per heavy atom. The van der Waals surface area contributed by atoms with Crippen molar-refractivity contribution in [2.45, 2.75) is 4.90 Å². The van der Waals surface area contributed by atoms with Crippen LogP contribution in [0.2, 0.25) is 0 Å². The summed E-state index contributed by atoms with van der Waals surface area (Å²) in [6, 6.07) is 24.4. The first-order valence-electron chi connectivity index (χ1n) is 10.8. The highest BCUT2D eigenvalue weighted by Crippen LogP contribution is 2.26. The SMILES string of the molecule is COc1ccc(S(=O)(=O)Nc2ccc(Oc3ccc(NC(=O)c4cccc([N+](=O)[O-])c4)cc3)cc2)cc1. The van der Waals surface area contributed by atoms with Crippen molar-refractivity contribution in [2.75, 3.05) is 17.1 Å². The van der Waals surface area contributed by atoms with Crippen molar-refractivity contribution in [3.05, 3.63) is 113 Å². The van der Waals surface area contributed by atoms with E-state index in [2.05, 4.69) is 10.0 Å². The number of non-ortho nitro benzene ring substituents is 1.